The van der Waals surface area contributed by atoms with Crippen molar-refractivity contribution in [3.8, 4) is 5.75 Å². The van der Waals surface area contributed by atoms with E-state index in [-0.39, 0.29) is 0 Å². The summed E-state index contributed by atoms with van der Waals surface area (Å²) in [6, 6.07) is 7.90. The molecule has 0 bridgehead atoms. The molecule has 0 unspecified atom stereocenters. The van der Waals surface area contributed by atoms with Crippen LogP contribution in [0.25, 0.3) is 0 Å². The number of likely N-dealkylation sites (tertiary alicyclic amines) is 1. The Morgan fingerprint density at radius 1 is 1.36 bits per heavy atom. The molecule has 1 atom stereocenters. The summed E-state index contributed by atoms with van der Waals surface area (Å²) in [5.41, 5.74) is 2.44. The summed E-state index contributed by atoms with van der Waals surface area (Å²) in [7, 11) is 0. The van der Waals surface area contributed by atoms with Crippen LogP contribution in [-0.4, -0.2) is 45.3 Å². The van der Waals surface area contributed by atoms with E-state index in [1.54, 1.807) is 6.33 Å². The van der Waals surface area contributed by atoms with Crippen molar-refractivity contribution in [1.82, 2.24) is 14.9 Å². The summed E-state index contributed by atoms with van der Waals surface area (Å²) in [5.74, 6) is 0.845. The number of ether oxygens (including phenoxy) is 1. The second kappa shape index (κ2) is 6.10. The van der Waals surface area contributed by atoms with Gasteiger partial charge in [-0.2, -0.15) is 0 Å². The van der Waals surface area contributed by atoms with Crippen molar-refractivity contribution in [3.63, 3.8) is 0 Å². The lowest BCUT2D eigenvalue weighted by atomic mass is 10.1. The van der Waals surface area contributed by atoms with Crippen molar-refractivity contribution in [1.29, 1.82) is 0 Å². The second-order valence-corrected chi connectivity index (χ2v) is 6.21. The number of rotatable bonds is 5. The lowest BCUT2D eigenvalue weighted by Crippen LogP contribution is -2.39. The third kappa shape index (κ3) is 3.31. The summed E-state index contributed by atoms with van der Waals surface area (Å²) < 4.78 is 5.83. The van der Waals surface area contributed by atoms with E-state index < -0.39 is 5.60 Å². The van der Waals surface area contributed by atoms with Crippen molar-refractivity contribution in [3.05, 3.63) is 47.5 Å². The van der Waals surface area contributed by atoms with Crippen molar-refractivity contribution >= 4 is 0 Å². The molecular weight excluding hydrogens is 278 g/mol. The van der Waals surface area contributed by atoms with Crippen molar-refractivity contribution in [2.75, 3.05) is 19.7 Å². The molecule has 0 saturated carbocycles. The fourth-order valence-electron chi connectivity index (χ4n) is 2.88. The average Bonchev–Trinajstić information content (AvgIpc) is 3.06. The van der Waals surface area contributed by atoms with Gasteiger partial charge in [0, 0.05) is 25.3 Å². The first kappa shape index (κ1) is 15.1. The van der Waals surface area contributed by atoms with Gasteiger partial charge in [-0.05, 0) is 31.9 Å². The smallest absolute Gasteiger partial charge is 0.122 e. The number of hydrogen-bond donors (Lipinski definition) is 2. The first-order valence-corrected chi connectivity index (χ1v) is 7.68. The highest BCUT2D eigenvalue weighted by atomic mass is 16.5. The fourth-order valence-corrected chi connectivity index (χ4v) is 2.88. The standard InChI is InChI=1S/C17H23N3O2/c1-13-5-3-4-6-16(13)22-11-17(21)7-8-20(10-17)9-15-14(2)18-12-19-15/h3-6,12,21H,7-11H2,1-2H3,(H,18,19)/t17-/m0/s1. The molecule has 2 N–H and O–H groups in total. The molecule has 1 saturated heterocycles. The van der Waals surface area contributed by atoms with Gasteiger partial charge < -0.3 is 14.8 Å². The van der Waals surface area contributed by atoms with Gasteiger partial charge in [-0.1, -0.05) is 18.2 Å². The maximum atomic E-state index is 10.7. The van der Waals surface area contributed by atoms with Crippen molar-refractivity contribution in [2.45, 2.75) is 32.4 Å². The Morgan fingerprint density at radius 2 is 2.18 bits per heavy atom. The predicted octanol–water partition coefficient (Wildman–Crippen LogP) is 2.04. The van der Waals surface area contributed by atoms with E-state index in [4.69, 9.17) is 4.74 Å². The lowest BCUT2D eigenvalue weighted by molar-refractivity contribution is 0.00311. The Balaban J connectivity index is 1.56. The highest BCUT2D eigenvalue weighted by molar-refractivity contribution is 5.31. The van der Waals surface area contributed by atoms with Gasteiger partial charge in [0.1, 0.15) is 18.0 Å². The Labute approximate surface area is 130 Å². The maximum absolute atomic E-state index is 10.7. The lowest BCUT2D eigenvalue weighted by Gasteiger charge is -2.24. The van der Waals surface area contributed by atoms with Gasteiger partial charge in [-0.25, -0.2) is 4.98 Å². The molecule has 5 heteroatoms. The van der Waals surface area contributed by atoms with Gasteiger partial charge in [-0.15, -0.1) is 0 Å². The molecule has 0 spiro atoms. The molecule has 2 heterocycles. The van der Waals surface area contributed by atoms with E-state index >= 15 is 0 Å². The first-order chi connectivity index (χ1) is 10.6. The zero-order chi connectivity index (χ0) is 15.6. The monoisotopic (exact) mass is 301 g/mol. The number of imidazole rings is 1. The van der Waals surface area contributed by atoms with E-state index in [9.17, 15) is 5.11 Å². The number of hydrogen-bond acceptors (Lipinski definition) is 4. The van der Waals surface area contributed by atoms with Crippen LogP contribution in [0.15, 0.2) is 30.6 Å². The van der Waals surface area contributed by atoms with Gasteiger partial charge in [0.2, 0.25) is 0 Å². The molecule has 0 amide bonds. The summed E-state index contributed by atoms with van der Waals surface area (Å²) in [6.45, 7) is 6.60. The minimum absolute atomic E-state index is 0.327. The normalized spacial score (nSPS) is 22.1. The van der Waals surface area contributed by atoms with Crippen LogP contribution in [0.2, 0.25) is 0 Å². The summed E-state index contributed by atoms with van der Waals surface area (Å²) in [5, 5.41) is 10.7. The zero-order valence-electron chi connectivity index (χ0n) is 13.2. The number of H-pyrrole nitrogens is 1. The van der Waals surface area contributed by atoms with E-state index in [1.165, 1.54) is 0 Å². The number of nitrogens with zero attached hydrogens (tertiary/aromatic N) is 2. The molecule has 0 radical (unpaired) electrons. The van der Waals surface area contributed by atoms with E-state index in [1.807, 2.05) is 38.1 Å². The van der Waals surface area contributed by atoms with Crippen molar-refractivity contribution in [2.24, 2.45) is 0 Å². The second-order valence-electron chi connectivity index (χ2n) is 6.21. The minimum Gasteiger partial charge on any atom is -0.490 e. The molecule has 5 nitrogen and oxygen atoms in total. The summed E-state index contributed by atoms with van der Waals surface area (Å²) in [4.78, 5) is 9.64. The van der Waals surface area contributed by atoms with Crippen LogP contribution >= 0.6 is 0 Å². The predicted molar refractivity (Wildman–Crippen MR) is 84.8 cm³/mol. The molecule has 1 aliphatic rings. The fraction of sp³-hybridized carbons (Fsp3) is 0.471. The topological polar surface area (TPSA) is 61.4 Å². The van der Waals surface area contributed by atoms with Crippen LogP contribution in [-0.2, 0) is 6.54 Å². The molecule has 3 rings (SSSR count). The van der Waals surface area contributed by atoms with Crippen LogP contribution in [0, 0.1) is 13.8 Å². The van der Waals surface area contributed by atoms with Gasteiger partial charge in [0.05, 0.1) is 12.0 Å². The van der Waals surface area contributed by atoms with E-state index in [2.05, 4.69) is 14.9 Å². The summed E-state index contributed by atoms with van der Waals surface area (Å²) >= 11 is 0. The molecule has 1 aromatic heterocycles. The number of aryl methyl sites for hydroxylation is 2. The number of aromatic nitrogens is 2. The van der Waals surface area contributed by atoms with Crippen LogP contribution < -0.4 is 4.74 Å². The van der Waals surface area contributed by atoms with Gasteiger partial charge >= 0.3 is 0 Å². The minimum atomic E-state index is -0.785. The number of aromatic amines is 1. The van der Waals surface area contributed by atoms with E-state index in [0.29, 0.717) is 13.2 Å². The number of nitrogens with one attached hydrogen (secondary N) is 1. The molecule has 1 aliphatic heterocycles. The van der Waals surface area contributed by atoms with Crippen LogP contribution in [0.3, 0.4) is 0 Å². The maximum Gasteiger partial charge on any atom is 0.122 e. The number of aliphatic hydroxyl groups is 1. The molecular formula is C17H23N3O2. The Bertz CT molecular complexity index is 640. The zero-order valence-corrected chi connectivity index (χ0v) is 13.2. The highest BCUT2D eigenvalue weighted by Crippen LogP contribution is 2.25. The van der Waals surface area contributed by atoms with Crippen LogP contribution in [0.1, 0.15) is 23.4 Å². The quantitative estimate of drug-likeness (QED) is 0.887. The molecule has 22 heavy (non-hydrogen) atoms. The molecule has 0 aliphatic carbocycles. The van der Waals surface area contributed by atoms with Gasteiger partial charge in [0.15, 0.2) is 0 Å². The SMILES string of the molecule is Cc1ccccc1OC[C@]1(O)CCN(Cc2nc[nH]c2C)C1. The van der Waals surface area contributed by atoms with Gasteiger partial charge in [-0.3, -0.25) is 4.90 Å². The average molecular weight is 301 g/mol. The van der Waals surface area contributed by atoms with Gasteiger partial charge in [0.25, 0.3) is 0 Å². The Kier molecular flexibility index (Phi) is 4.18. The number of β-amino-alcohol motifs (C(OH)–C–C–N with tert-alkyl or cyclic N) is 1. The summed E-state index contributed by atoms with van der Waals surface area (Å²) in [6.07, 6.45) is 2.44. The third-order valence-corrected chi connectivity index (χ3v) is 4.31. The molecule has 2 aromatic rings. The van der Waals surface area contributed by atoms with Crippen molar-refractivity contribution < 1.29 is 9.84 Å². The van der Waals surface area contributed by atoms with E-state index in [0.717, 1.165) is 42.2 Å². The number of benzene rings is 1. The largest absolute Gasteiger partial charge is 0.490 e. The third-order valence-electron chi connectivity index (χ3n) is 4.31. The Hall–Kier alpha value is -1.85. The molecule has 1 fully saturated rings. The van der Waals surface area contributed by atoms with Crippen LogP contribution in [0.4, 0.5) is 0 Å². The first-order valence-electron chi connectivity index (χ1n) is 7.68. The Morgan fingerprint density at radius 3 is 2.91 bits per heavy atom. The van der Waals surface area contributed by atoms with Crippen LogP contribution in [0.5, 0.6) is 5.75 Å². The molecule has 118 valence electrons. The number of para-hydroxylation sites is 1. The molecule has 1 aromatic carbocycles. The highest BCUT2D eigenvalue weighted by Gasteiger charge is 2.37.